The quantitative estimate of drug-likeness (QED) is 0.0567. The number of hydrogen-bond donors (Lipinski definition) is 0. The third kappa shape index (κ3) is 25.0. The Labute approximate surface area is 237 Å². The lowest BCUT2D eigenvalue weighted by atomic mass is 10.0. The summed E-state index contributed by atoms with van der Waals surface area (Å²) >= 11 is 0. The molecule has 0 fully saturated rings. The van der Waals surface area contributed by atoms with Crippen molar-refractivity contribution < 1.29 is 19.1 Å². The van der Waals surface area contributed by atoms with Gasteiger partial charge in [-0.1, -0.05) is 117 Å². The van der Waals surface area contributed by atoms with Crippen LogP contribution in [-0.2, 0) is 19.1 Å². The van der Waals surface area contributed by atoms with Crippen molar-refractivity contribution in [3.63, 3.8) is 0 Å². The zero-order valence-corrected chi connectivity index (χ0v) is 25.9. The minimum atomic E-state index is -0.0105. The van der Waals surface area contributed by atoms with Gasteiger partial charge in [-0.2, -0.15) is 0 Å². The number of ether oxygens (including phenoxy) is 2. The molecule has 0 rings (SSSR count). The number of esters is 2. The van der Waals surface area contributed by atoms with Gasteiger partial charge in [0.2, 0.25) is 0 Å². The maximum Gasteiger partial charge on any atom is 0.305 e. The fourth-order valence-corrected chi connectivity index (χ4v) is 4.72. The summed E-state index contributed by atoms with van der Waals surface area (Å²) in [6, 6.07) is 0. The van der Waals surface area contributed by atoms with E-state index in [0.29, 0.717) is 37.9 Å². The van der Waals surface area contributed by atoms with Gasteiger partial charge in [-0.15, -0.1) is 0 Å². The minimum absolute atomic E-state index is 0.0105. The molecule has 0 radical (unpaired) electrons. The van der Waals surface area contributed by atoms with Crippen LogP contribution in [0.25, 0.3) is 0 Å². The molecule has 2 atom stereocenters. The molecule has 0 amide bonds. The van der Waals surface area contributed by atoms with Crippen LogP contribution >= 0.6 is 0 Å². The second-order valence-electron chi connectivity index (χ2n) is 11.3. The largest absolute Gasteiger partial charge is 0.465 e. The molecule has 0 bridgehead atoms. The van der Waals surface area contributed by atoms with E-state index in [-0.39, 0.29) is 11.9 Å². The van der Waals surface area contributed by atoms with Gasteiger partial charge in [0, 0.05) is 12.8 Å². The van der Waals surface area contributed by atoms with E-state index in [4.69, 9.17) is 9.47 Å². The third-order valence-electron chi connectivity index (χ3n) is 7.72. The highest BCUT2D eigenvalue weighted by atomic mass is 16.5. The molecule has 0 saturated carbocycles. The van der Waals surface area contributed by atoms with Crippen LogP contribution in [0.2, 0.25) is 0 Å². The average Bonchev–Trinajstić information content (AvgIpc) is 2.93. The van der Waals surface area contributed by atoms with Crippen LogP contribution in [0.5, 0.6) is 0 Å². The van der Waals surface area contributed by atoms with Gasteiger partial charge >= 0.3 is 11.9 Å². The number of carbonyl (C=O) groups is 2. The van der Waals surface area contributed by atoms with Gasteiger partial charge in [0.05, 0.1) is 13.2 Å². The molecule has 4 nitrogen and oxygen atoms in total. The molecule has 0 aromatic carbocycles. The number of allylic oxidation sites excluding steroid dienone is 2. The first-order valence-corrected chi connectivity index (χ1v) is 16.5. The van der Waals surface area contributed by atoms with Crippen molar-refractivity contribution in [2.45, 2.75) is 169 Å². The van der Waals surface area contributed by atoms with Crippen LogP contribution in [0, 0.1) is 11.8 Å². The highest BCUT2D eigenvalue weighted by molar-refractivity contribution is 5.69. The lowest BCUT2D eigenvalue weighted by Crippen LogP contribution is -2.13. The summed E-state index contributed by atoms with van der Waals surface area (Å²) in [7, 11) is 0. The number of carbonyl (C=O) groups excluding carboxylic acids is 2. The van der Waals surface area contributed by atoms with Gasteiger partial charge < -0.3 is 9.47 Å². The van der Waals surface area contributed by atoms with E-state index in [2.05, 4.69) is 39.8 Å². The molecule has 0 aliphatic carbocycles. The molecular formula is C34H64O4. The van der Waals surface area contributed by atoms with E-state index in [1.54, 1.807) is 0 Å². The van der Waals surface area contributed by atoms with Gasteiger partial charge in [0.15, 0.2) is 0 Å². The van der Waals surface area contributed by atoms with Gasteiger partial charge in [-0.25, -0.2) is 0 Å². The molecule has 2 unspecified atom stereocenters. The maximum atomic E-state index is 11.9. The summed E-state index contributed by atoms with van der Waals surface area (Å²) in [5.74, 6) is 1.05. The van der Waals surface area contributed by atoms with E-state index in [9.17, 15) is 9.59 Å². The Bertz CT molecular complexity index is 509. The zero-order chi connectivity index (χ0) is 28.1. The molecule has 4 heteroatoms. The molecule has 0 heterocycles. The molecule has 0 aromatic heterocycles. The Hall–Kier alpha value is -1.32. The van der Waals surface area contributed by atoms with Crippen molar-refractivity contribution in [3.05, 3.63) is 12.2 Å². The van der Waals surface area contributed by atoms with Crippen molar-refractivity contribution in [1.82, 2.24) is 0 Å². The fourth-order valence-electron chi connectivity index (χ4n) is 4.72. The number of rotatable bonds is 28. The fraction of sp³-hybridized carbons (Fsp3) is 0.882. The normalized spacial score (nSPS) is 13.1. The molecule has 0 spiro atoms. The Morgan fingerprint density at radius 2 is 0.895 bits per heavy atom. The first kappa shape index (κ1) is 36.7. The van der Waals surface area contributed by atoms with E-state index in [1.807, 2.05) is 0 Å². The topological polar surface area (TPSA) is 52.6 Å². The molecule has 38 heavy (non-hydrogen) atoms. The molecule has 0 aliphatic rings. The summed E-state index contributed by atoms with van der Waals surface area (Å²) in [5.41, 5.74) is 0. The summed E-state index contributed by atoms with van der Waals surface area (Å²) < 4.78 is 11.0. The minimum Gasteiger partial charge on any atom is -0.465 e. The highest BCUT2D eigenvalue weighted by Crippen LogP contribution is 2.15. The summed E-state index contributed by atoms with van der Waals surface area (Å²) in [6.07, 6.45) is 29.1. The summed E-state index contributed by atoms with van der Waals surface area (Å²) in [5, 5.41) is 0. The molecular weight excluding hydrogens is 472 g/mol. The smallest absolute Gasteiger partial charge is 0.305 e. The lowest BCUT2D eigenvalue weighted by Gasteiger charge is -2.14. The Kier molecular flexibility index (Phi) is 27.7. The van der Waals surface area contributed by atoms with E-state index < -0.39 is 0 Å². The van der Waals surface area contributed by atoms with Gasteiger partial charge in [0.1, 0.15) is 0 Å². The Morgan fingerprint density at radius 3 is 1.26 bits per heavy atom. The standard InChI is InChI=1S/C34H64O4/c1-5-9-25-31(7-3)29-37-33(35)27-23-21-19-17-15-13-11-12-14-16-18-20-22-24-28-34(36)38-30-32(8-4)26-10-6-2/h11-12,31-32H,5-10,13-30H2,1-4H3. The second-order valence-corrected chi connectivity index (χ2v) is 11.3. The van der Waals surface area contributed by atoms with E-state index >= 15 is 0 Å². The van der Waals surface area contributed by atoms with Crippen LogP contribution in [-0.4, -0.2) is 25.2 Å². The third-order valence-corrected chi connectivity index (χ3v) is 7.72. The van der Waals surface area contributed by atoms with Crippen LogP contribution in [0.1, 0.15) is 169 Å². The van der Waals surface area contributed by atoms with Gasteiger partial charge in [0.25, 0.3) is 0 Å². The van der Waals surface area contributed by atoms with Crippen LogP contribution in [0.4, 0.5) is 0 Å². The van der Waals surface area contributed by atoms with Crippen LogP contribution in [0.3, 0.4) is 0 Å². The van der Waals surface area contributed by atoms with Crippen molar-refractivity contribution in [3.8, 4) is 0 Å². The molecule has 0 N–H and O–H groups in total. The number of unbranched alkanes of at least 4 members (excludes halogenated alkanes) is 12. The van der Waals surface area contributed by atoms with Gasteiger partial charge in [-0.3, -0.25) is 9.59 Å². The van der Waals surface area contributed by atoms with Crippen molar-refractivity contribution in [1.29, 1.82) is 0 Å². The lowest BCUT2D eigenvalue weighted by molar-refractivity contribution is -0.146. The second kappa shape index (κ2) is 28.7. The molecule has 0 saturated heterocycles. The monoisotopic (exact) mass is 536 g/mol. The molecule has 224 valence electrons. The van der Waals surface area contributed by atoms with Gasteiger partial charge in [-0.05, 0) is 63.2 Å². The predicted octanol–water partition coefficient (Wildman–Crippen LogP) is 10.5. The van der Waals surface area contributed by atoms with Crippen molar-refractivity contribution >= 4 is 11.9 Å². The molecule has 0 aliphatic heterocycles. The summed E-state index contributed by atoms with van der Waals surface area (Å²) in [4.78, 5) is 23.9. The van der Waals surface area contributed by atoms with Crippen LogP contribution in [0.15, 0.2) is 12.2 Å². The number of hydrogen-bond acceptors (Lipinski definition) is 4. The maximum absolute atomic E-state index is 11.9. The zero-order valence-electron chi connectivity index (χ0n) is 25.9. The Morgan fingerprint density at radius 1 is 0.526 bits per heavy atom. The van der Waals surface area contributed by atoms with E-state index in [1.165, 1.54) is 77.0 Å². The SMILES string of the molecule is CCCCC(CC)COC(=O)CCCCCCCC=CCCCCCCCC(=O)OCC(CC)CCCC. The van der Waals surface area contributed by atoms with Crippen molar-refractivity contribution in [2.75, 3.05) is 13.2 Å². The average molecular weight is 537 g/mol. The first-order chi connectivity index (χ1) is 18.6. The summed E-state index contributed by atoms with van der Waals surface area (Å²) in [6.45, 7) is 10.0. The first-order valence-electron chi connectivity index (χ1n) is 16.5. The van der Waals surface area contributed by atoms with Crippen LogP contribution < -0.4 is 0 Å². The Balaban J connectivity index is 3.45. The van der Waals surface area contributed by atoms with E-state index in [0.717, 1.165) is 51.4 Å². The predicted molar refractivity (Wildman–Crippen MR) is 162 cm³/mol. The highest BCUT2D eigenvalue weighted by Gasteiger charge is 2.11. The molecule has 0 aromatic rings. The van der Waals surface area contributed by atoms with Crippen molar-refractivity contribution in [2.24, 2.45) is 11.8 Å².